The molecule has 0 radical (unpaired) electrons. The monoisotopic (exact) mass is 337 g/mol. The van der Waals surface area contributed by atoms with Gasteiger partial charge in [0.25, 0.3) is 0 Å². The standard InChI is InChI=1S/C14H16BrN3O2/c1-9-17-4-3-11(18-9)8-16-7-10-5-12(15)14(19)13(6-10)20-2/h3-6,16,19H,7-8H2,1-2H3. The van der Waals surface area contributed by atoms with Crippen LogP contribution >= 0.6 is 15.9 Å². The Morgan fingerprint density at radius 1 is 1.35 bits per heavy atom. The van der Waals surface area contributed by atoms with Gasteiger partial charge in [-0.1, -0.05) is 0 Å². The van der Waals surface area contributed by atoms with Gasteiger partial charge in [0.1, 0.15) is 5.82 Å². The molecule has 1 aromatic heterocycles. The van der Waals surface area contributed by atoms with Gasteiger partial charge in [0, 0.05) is 19.3 Å². The van der Waals surface area contributed by atoms with Gasteiger partial charge in [0.15, 0.2) is 11.5 Å². The van der Waals surface area contributed by atoms with Gasteiger partial charge in [-0.25, -0.2) is 9.97 Å². The quantitative estimate of drug-likeness (QED) is 0.877. The van der Waals surface area contributed by atoms with Crippen molar-refractivity contribution in [3.63, 3.8) is 0 Å². The minimum Gasteiger partial charge on any atom is -0.503 e. The fourth-order valence-corrected chi connectivity index (χ4v) is 2.31. The Labute approximate surface area is 126 Å². The van der Waals surface area contributed by atoms with E-state index in [2.05, 4.69) is 31.2 Å². The van der Waals surface area contributed by atoms with E-state index < -0.39 is 0 Å². The van der Waals surface area contributed by atoms with Crippen molar-refractivity contribution < 1.29 is 9.84 Å². The van der Waals surface area contributed by atoms with Gasteiger partial charge in [-0.2, -0.15) is 0 Å². The Morgan fingerprint density at radius 3 is 2.85 bits per heavy atom. The molecule has 0 atom stereocenters. The van der Waals surface area contributed by atoms with E-state index in [4.69, 9.17) is 4.74 Å². The first-order valence-electron chi connectivity index (χ1n) is 6.14. The number of methoxy groups -OCH3 is 1. The maximum absolute atomic E-state index is 9.75. The zero-order valence-corrected chi connectivity index (χ0v) is 12.9. The summed E-state index contributed by atoms with van der Waals surface area (Å²) in [5.41, 5.74) is 1.96. The van der Waals surface area contributed by atoms with E-state index in [1.807, 2.05) is 19.1 Å². The van der Waals surface area contributed by atoms with Gasteiger partial charge in [-0.3, -0.25) is 0 Å². The van der Waals surface area contributed by atoms with E-state index in [9.17, 15) is 5.11 Å². The Balaban J connectivity index is 1.99. The molecule has 106 valence electrons. The molecular weight excluding hydrogens is 322 g/mol. The van der Waals surface area contributed by atoms with Crippen LogP contribution in [0.4, 0.5) is 0 Å². The van der Waals surface area contributed by atoms with Gasteiger partial charge in [0.05, 0.1) is 17.3 Å². The van der Waals surface area contributed by atoms with Crippen molar-refractivity contribution in [3.05, 3.63) is 46.0 Å². The lowest BCUT2D eigenvalue weighted by molar-refractivity contribution is 0.371. The van der Waals surface area contributed by atoms with Crippen LogP contribution in [0.5, 0.6) is 11.5 Å². The number of aromatic hydroxyl groups is 1. The summed E-state index contributed by atoms with van der Waals surface area (Å²) in [7, 11) is 1.53. The van der Waals surface area contributed by atoms with Crippen LogP contribution < -0.4 is 10.1 Å². The first-order chi connectivity index (χ1) is 9.60. The lowest BCUT2D eigenvalue weighted by Gasteiger charge is -2.10. The van der Waals surface area contributed by atoms with Crippen molar-refractivity contribution >= 4 is 15.9 Å². The van der Waals surface area contributed by atoms with E-state index in [0.29, 0.717) is 23.3 Å². The van der Waals surface area contributed by atoms with E-state index >= 15 is 0 Å². The number of ether oxygens (including phenoxy) is 1. The number of rotatable bonds is 5. The molecule has 0 aliphatic carbocycles. The molecule has 0 amide bonds. The van der Waals surface area contributed by atoms with Crippen molar-refractivity contribution in [1.29, 1.82) is 0 Å². The topological polar surface area (TPSA) is 67.3 Å². The third-order valence-corrected chi connectivity index (χ3v) is 3.38. The molecule has 0 aliphatic rings. The number of aryl methyl sites for hydroxylation is 1. The Kier molecular flexibility index (Phi) is 4.92. The average Bonchev–Trinajstić information content (AvgIpc) is 2.42. The average molecular weight is 338 g/mol. The van der Waals surface area contributed by atoms with Crippen molar-refractivity contribution in [2.75, 3.05) is 7.11 Å². The second kappa shape index (κ2) is 6.67. The summed E-state index contributed by atoms with van der Waals surface area (Å²) in [6, 6.07) is 5.54. The highest BCUT2D eigenvalue weighted by atomic mass is 79.9. The third-order valence-electron chi connectivity index (χ3n) is 2.78. The van der Waals surface area contributed by atoms with Crippen molar-refractivity contribution in [2.45, 2.75) is 20.0 Å². The second-order valence-electron chi connectivity index (χ2n) is 4.33. The lowest BCUT2D eigenvalue weighted by atomic mass is 10.2. The molecule has 5 nitrogen and oxygen atoms in total. The van der Waals surface area contributed by atoms with Crippen LogP contribution in [0.1, 0.15) is 17.1 Å². The summed E-state index contributed by atoms with van der Waals surface area (Å²) in [6.45, 7) is 3.17. The number of phenolic OH excluding ortho intramolecular Hbond substituents is 1. The van der Waals surface area contributed by atoms with Gasteiger partial charge in [-0.05, 0) is 46.6 Å². The Hall–Kier alpha value is -1.66. The summed E-state index contributed by atoms with van der Waals surface area (Å²) in [4.78, 5) is 8.38. The predicted octanol–water partition coefficient (Wildman–Crippen LogP) is 2.55. The minimum absolute atomic E-state index is 0.114. The van der Waals surface area contributed by atoms with Crippen molar-refractivity contribution in [1.82, 2.24) is 15.3 Å². The van der Waals surface area contributed by atoms with Gasteiger partial charge in [-0.15, -0.1) is 0 Å². The molecule has 6 heteroatoms. The van der Waals surface area contributed by atoms with Crippen LogP contribution in [0, 0.1) is 6.92 Å². The van der Waals surface area contributed by atoms with Crippen LogP contribution in [0.25, 0.3) is 0 Å². The Bertz CT molecular complexity index is 605. The highest BCUT2D eigenvalue weighted by Crippen LogP contribution is 2.35. The number of nitrogens with zero attached hydrogens (tertiary/aromatic N) is 2. The smallest absolute Gasteiger partial charge is 0.172 e. The highest BCUT2D eigenvalue weighted by Gasteiger charge is 2.08. The molecule has 0 aliphatic heterocycles. The number of benzene rings is 1. The Morgan fingerprint density at radius 2 is 2.15 bits per heavy atom. The molecular formula is C14H16BrN3O2. The number of aromatic nitrogens is 2. The summed E-state index contributed by atoms with van der Waals surface area (Å²) in [5, 5.41) is 13.0. The SMILES string of the molecule is COc1cc(CNCc2ccnc(C)n2)cc(Br)c1O. The first-order valence-corrected chi connectivity index (χ1v) is 6.94. The van der Waals surface area contributed by atoms with Crippen LogP contribution in [-0.4, -0.2) is 22.2 Å². The molecule has 0 spiro atoms. The minimum atomic E-state index is 0.114. The van der Waals surface area contributed by atoms with Crippen molar-refractivity contribution in [3.8, 4) is 11.5 Å². The maximum atomic E-state index is 9.75. The number of halogens is 1. The third kappa shape index (κ3) is 3.68. The predicted molar refractivity (Wildman–Crippen MR) is 79.7 cm³/mol. The molecule has 0 fully saturated rings. The fourth-order valence-electron chi connectivity index (χ4n) is 1.82. The van der Waals surface area contributed by atoms with Crippen LogP contribution in [0.2, 0.25) is 0 Å². The van der Waals surface area contributed by atoms with Crippen molar-refractivity contribution in [2.24, 2.45) is 0 Å². The molecule has 2 rings (SSSR count). The maximum Gasteiger partial charge on any atom is 0.172 e. The molecule has 0 saturated heterocycles. The molecule has 2 aromatic rings. The van der Waals surface area contributed by atoms with Crippen LogP contribution in [0.3, 0.4) is 0 Å². The van der Waals surface area contributed by atoms with E-state index in [-0.39, 0.29) is 5.75 Å². The molecule has 1 heterocycles. The van der Waals surface area contributed by atoms with Gasteiger partial charge >= 0.3 is 0 Å². The molecule has 1 aromatic carbocycles. The van der Waals surface area contributed by atoms with Crippen LogP contribution in [-0.2, 0) is 13.1 Å². The zero-order chi connectivity index (χ0) is 14.5. The van der Waals surface area contributed by atoms with Gasteiger partial charge < -0.3 is 15.2 Å². The highest BCUT2D eigenvalue weighted by molar-refractivity contribution is 9.10. The molecule has 2 N–H and O–H groups in total. The number of hydrogen-bond acceptors (Lipinski definition) is 5. The summed E-state index contributed by atoms with van der Waals surface area (Å²) in [5.74, 6) is 1.33. The molecule has 0 saturated carbocycles. The van der Waals surface area contributed by atoms with Crippen LogP contribution in [0.15, 0.2) is 28.9 Å². The summed E-state index contributed by atoms with van der Waals surface area (Å²) in [6.07, 6.45) is 1.75. The second-order valence-corrected chi connectivity index (χ2v) is 5.18. The number of phenols is 1. The van der Waals surface area contributed by atoms with E-state index in [0.717, 1.165) is 17.1 Å². The number of hydrogen-bond donors (Lipinski definition) is 2. The fraction of sp³-hybridized carbons (Fsp3) is 0.286. The molecule has 20 heavy (non-hydrogen) atoms. The summed E-state index contributed by atoms with van der Waals surface area (Å²) < 4.78 is 5.74. The lowest BCUT2D eigenvalue weighted by Crippen LogP contribution is -2.14. The molecule has 0 unspecified atom stereocenters. The summed E-state index contributed by atoms with van der Waals surface area (Å²) >= 11 is 3.31. The van der Waals surface area contributed by atoms with E-state index in [1.165, 1.54) is 7.11 Å². The largest absolute Gasteiger partial charge is 0.503 e. The van der Waals surface area contributed by atoms with E-state index in [1.54, 1.807) is 12.3 Å². The van der Waals surface area contributed by atoms with Gasteiger partial charge in [0.2, 0.25) is 0 Å². The number of nitrogens with one attached hydrogen (secondary N) is 1. The first kappa shape index (κ1) is 14.7. The zero-order valence-electron chi connectivity index (χ0n) is 11.4. The normalized spacial score (nSPS) is 10.6. The molecule has 0 bridgehead atoms.